The molecule has 4 N–H and O–H groups in total. The minimum atomic E-state index is 0.0807. The van der Waals surface area contributed by atoms with E-state index in [0.29, 0.717) is 43.0 Å². The third-order valence-electron chi connectivity index (χ3n) is 3.42. The molecule has 0 radical (unpaired) electrons. The van der Waals surface area contributed by atoms with Crippen molar-refractivity contribution in [1.82, 2.24) is 10.2 Å². The molecular formula is C15H25N5O. The molecule has 0 bridgehead atoms. The number of carbonyl (C=O) groups excluding carboxylic acids is 1. The zero-order chi connectivity index (χ0) is 16.0. The maximum absolute atomic E-state index is 11.3. The number of nitrogens with one attached hydrogen (secondary N) is 2. The number of nitrogens with two attached hydrogens (primary N) is 1. The maximum Gasteiger partial charge on any atom is 0.221 e. The summed E-state index contributed by atoms with van der Waals surface area (Å²) in [6, 6.07) is 0. The molecule has 0 atom stereocenters. The standard InChI is InChI=1S/C15H25N5O/c1-10(15(17)12(3)16)9-11(2)19-13(4)20-7-5-14(21)18-6-8-20/h16H,2,5-9,17H2,1,3-4H3,(H,18,21)/b15-10-,16-12?,19-13?. The van der Waals surface area contributed by atoms with Gasteiger partial charge in [-0.05, 0) is 26.3 Å². The Bertz CT molecular complexity index is 504. The Hall–Kier alpha value is -2.11. The molecule has 0 unspecified atom stereocenters. The Balaban J connectivity index is 2.68. The zero-order valence-corrected chi connectivity index (χ0v) is 13.1. The average molecular weight is 291 g/mol. The van der Waals surface area contributed by atoms with Crippen LogP contribution in [0.3, 0.4) is 0 Å². The van der Waals surface area contributed by atoms with Gasteiger partial charge in [-0.25, -0.2) is 4.99 Å². The Morgan fingerprint density at radius 1 is 1.43 bits per heavy atom. The first kappa shape index (κ1) is 16.9. The van der Waals surface area contributed by atoms with Crippen LogP contribution >= 0.6 is 0 Å². The Morgan fingerprint density at radius 3 is 2.71 bits per heavy atom. The van der Waals surface area contributed by atoms with Crippen molar-refractivity contribution in [3.05, 3.63) is 23.5 Å². The van der Waals surface area contributed by atoms with Crippen molar-refractivity contribution >= 4 is 17.5 Å². The summed E-state index contributed by atoms with van der Waals surface area (Å²) < 4.78 is 0. The van der Waals surface area contributed by atoms with Gasteiger partial charge >= 0.3 is 0 Å². The van der Waals surface area contributed by atoms with Crippen molar-refractivity contribution in [2.45, 2.75) is 33.6 Å². The van der Waals surface area contributed by atoms with Crippen molar-refractivity contribution < 1.29 is 4.79 Å². The lowest BCUT2D eigenvalue weighted by Gasteiger charge is -2.21. The van der Waals surface area contributed by atoms with Crippen LogP contribution in [0, 0.1) is 5.41 Å². The van der Waals surface area contributed by atoms with Crippen LogP contribution in [-0.2, 0) is 4.79 Å². The first-order valence-electron chi connectivity index (χ1n) is 7.06. The second-order valence-electron chi connectivity index (χ2n) is 5.31. The number of hydrogen-bond donors (Lipinski definition) is 3. The van der Waals surface area contributed by atoms with Gasteiger partial charge in [0.05, 0.1) is 11.4 Å². The number of allylic oxidation sites excluding steroid dienone is 2. The van der Waals surface area contributed by atoms with Gasteiger partial charge in [-0.15, -0.1) is 0 Å². The lowest BCUT2D eigenvalue weighted by atomic mass is 10.1. The molecule has 21 heavy (non-hydrogen) atoms. The van der Waals surface area contributed by atoms with E-state index in [9.17, 15) is 4.79 Å². The molecule has 1 rings (SSSR count). The van der Waals surface area contributed by atoms with E-state index in [1.165, 1.54) is 0 Å². The predicted molar refractivity (Wildman–Crippen MR) is 86.4 cm³/mol. The molecule has 116 valence electrons. The SMILES string of the molecule is C=C(C/C(C)=C(\N)C(C)=N)N=C(C)N1CCNC(=O)CC1. The number of carbonyl (C=O) groups is 1. The van der Waals surface area contributed by atoms with E-state index in [2.05, 4.69) is 21.8 Å². The summed E-state index contributed by atoms with van der Waals surface area (Å²) in [7, 11) is 0. The molecule has 0 aromatic rings. The molecule has 1 heterocycles. The van der Waals surface area contributed by atoms with Crippen molar-refractivity contribution in [2.75, 3.05) is 19.6 Å². The molecule has 6 heteroatoms. The average Bonchev–Trinajstić information content (AvgIpc) is 2.62. The second-order valence-corrected chi connectivity index (χ2v) is 5.31. The van der Waals surface area contributed by atoms with Crippen LogP contribution in [0.15, 0.2) is 28.5 Å². The van der Waals surface area contributed by atoms with Gasteiger partial charge in [-0.1, -0.05) is 6.58 Å². The minimum absolute atomic E-state index is 0.0807. The van der Waals surface area contributed by atoms with E-state index in [4.69, 9.17) is 11.1 Å². The lowest BCUT2D eigenvalue weighted by molar-refractivity contribution is -0.120. The summed E-state index contributed by atoms with van der Waals surface area (Å²) >= 11 is 0. The molecule has 1 amide bonds. The predicted octanol–water partition coefficient (Wildman–Crippen LogP) is 1.40. The first-order chi connectivity index (χ1) is 9.81. The van der Waals surface area contributed by atoms with Crippen LogP contribution in [0.1, 0.15) is 33.6 Å². The van der Waals surface area contributed by atoms with Gasteiger partial charge < -0.3 is 21.4 Å². The number of amides is 1. The van der Waals surface area contributed by atoms with Crippen molar-refractivity contribution in [2.24, 2.45) is 10.7 Å². The number of rotatable bonds is 4. The molecule has 6 nitrogen and oxygen atoms in total. The van der Waals surface area contributed by atoms with E-state index in [1.807, 2.05) is 13.8 Å². The van der Waals surface area contributed by atoms with Gasteiger partial charge in [0.1, 0.15) is 5.84 Å². The molecular weight excluding hydrogens is 266 g/mol. The molecule has 1 aliphatic heterocycles. The highest BCUT2D eigenvalue weighted by Gasteiger charge is 2.14. The van der Waals surface area contributed by atoms with Crippen molar-refractivity contribution in [1.29, 1.82) is 5.41 Å². The zero-order valence-electron chi connectivity index (χ0n) is 13.1. The van der Waals surface area contributed by atoms with Gasteiger partial charge in [0, 0.05) is 38.2 Å². The quantitative estimate of drug-likeness (QED) is 0.540. The highest BCUT2D eigenvalue weighted by molar-refractivity contribution is 5.95. The lowest BCUT2D eigenvalue weighted by Crippen LogP contribution is -2.32. The van der Waals surface area contributed by atoms with Gasteiger partial charge in [-0.3, -0.25) is 4.79 Å². The van der Waals surface area contributed by atoms with E-state index >= 15 is 0 Å². The summed E-state index contributed by atoms with van der Waals surface area (Å²) in [6.45, 7) is 11.5. The summed E-state index contributed by atoms with van der Waals surface area (Å²) in [4.78, 5) is 17.9. The fraction of sp³-hybridized carbons (Fsp3) is 0.533. The molecule has 0 aromatic heterocycles. The normalized spacial score (nSPS) is 17.8. The first-order valence-corrected chi connectivity index (χ1v) is 7.06. The smallest absolute Gasteiger partial charge is 0.221 e. The van der Waals surface area contributed by atoms with Crippen LogP contribution in [0.5, 0.6) is 0 Å². The summed E-state index contributed by atoms with van der Waals surface area (Å²) in [5.41, 5.74) is 8.29. The highest BCUT2D eigenvalue weighted by Crippen LogP contribution is 2.13. The largest absolute Gasteiger partial charge is 0.397 e. The molecule has 0 aromatic carbocycles. The maximum atomic E-state index is 11.3. The molecule has 0 aliphatic carbocycles. The monoisotopic (exact) mass is 291 g/mol. The van der Waals surface area contributed by atoms with E-state index < -0.39 is 0 Å². The summed E-state index contributed by atoms with van der Waals surface area (Å²) in [5.74, 6) is 0.937. The Kier molecular flexibility index (Phi) is 6.14. The summed E-state index contributed by atoms with van der Waals surface area (Å²) in [6.07, 6.45) is 1.03. The minimum Gasteiger partial charge on any atom is -0.397 e. The highest BCUT2D eigenvalue weighted by atomic mass is 16.1. The van der Waals surface area contributed by atoms with Crippen molar-refractivity contribution in [3.8, 4) is 0 Å². The second kappa shape index (κ2) is 7.61. The fourth-order valence-electron chi connectivity index (χ4n) is 2.15. The molecule has 1 fully saturated rings. The molecule has 1 aliphatic rings. The van der Waals surface area contributed by atoms with Crippen LogP contribution in [0.2, 0.25) is 0 Å². The number of hydrogen-bond acceptors (Lipinski definition) is 4. The Morgan fingerprint density at radius 2 is 2.10 bits per heavy atom. The summed E-state index contributed by atoms with van der Waals surface area (Å²) in [5, 5.41) is 10.4. The van der Waals surface area contributed by atoms with Gasteiger partial charge in [0.25, 0.3) is 0 Å². The number of amidine groups is 1. The number of nitrogens with zero attached hydrogens (tertiary/aromatic N) is 2. The van der Waals surface area contributed by atoms with Crippen LogP contribution in [0.25, 0.3) is 0 Å². The van der Waals surface area contributed by atoms with E-state index in [0.717, 1.165) is 18.0 Å². The van der Waals surface area contributed by atoms with Crippen molar-refractivity contribution in [3.63, 3.8) is 0 Å². The number of aliphatic imine (C=N–C) groups is 1. The molecule has 1 saturated heterocycles. The van der Waals surface area contributed by atoms with Crippen LogP contribution in [0.4, 0.5) is 0 Å². The van der Waals surface area contributed by atoms with E-state index in [-0.39, 0.29) is 5.91 Å². The van der Waals surface area contributed by atoms with Gasteiger partial charge in [0.2, 0.25) is 5.91 Å². The van der Waals surface area contributed by atoms with Crippen LogP contribution in [-0.4, -0.2) is 42.0 Å². The topological polar surface area (TPSA) is 94.6 Å². The third kappa shape index (κ3) is 5.41. The Labute approximate surface area is 126 Å². The van der Waals surface area contributed by atoms with Crippen LogP contribution < -0.4 is 11.1 Å². The molecule has 0 saturated carbocycles. The third-order valence-corrected chi connectivity index (χ3v) is 3.42. The van der Waals surface area contributed by atoms with Gasteiger partial charge in [-0.2, -0.15) is 0 Å². The van der Waals surface area contributed by atoms with E-state index in [1.54, 1.807) is 6.92 Å². The molecule has 0 spiro atoms. The van der Waals surface area contributed by atoms with Gasteiger partial charge in [0.15, 0.2) is 0 Å². The fourth-order valence-corrected chi connectivity index (χ4v) is 2.15.